The molecule has 1 saturated heterocycles. The van der Waals surface area contributed by atoms with E-state index in [1.165, 1.54) is 4.90 Å². The highest BCUT2D eigenvalue weighted by Gasteiger charge is 2.29. The summed E-state index contributed by atoms with van der Waals surface area (Å²) in [5.74, 6) is -0.691. The molecule has 0 radical (unpaired) electrons. The van der Waals surface area contributed by atoms with Crippen molar-refractivity contribution in [2.75, 3.05) is 24.6 Å². The Balaban J connectivity index is 1.66. The molecule has 10 heteroatoms. The number of nitrogens with one attached hydrogen (secondary N) is 2. The number of carbonyl (C=O) groups is 2. The van der Waals surface area contributed by atoms with Crippen LogP contribution in [-0.2, 0) is 25.8 Å². The number of likely N-dealkylation sites (N-methyl/N-ethyl adjacent to an activating group) is 1. The monoisotopic (exact) mass is 406 g/mol. The number of hydrogen-bond donors (Lipinski definition) is 2. The number of aromatic amines is 1. The van der Waals surface area contributed by atoms with Gasteiger partial charge in [0.2, 0.25) is 11.8 Å². The second-order valence-corrected chi connectivity index (χ2v) is 9.03. The van der Waals surface area contributed by atoms with E-state index in [1.807, 2.05) is 0 Å². The van der Waals surface area contributed by atoms with E-state index in [2.05, 4.69) is 15.5 Å². The van der Waals surface area contributed by atoms with Crippen LogP contribution in [0.15, 0.2) is 29.1 Å². The van der Waals surface area contributed by atoms with E-state index in [4.69, 9.17) is 0 Å². The molecule has 1 unspecified atom stereocenters. The molecule has 1 fully saturated rings. The summed E-state index contributed by atoms with van der Waals surface area (Å²) in [7, 11) is -3.09. The molecule has 1 aliphatic rings. The fraction of sp³-hybridized carbons (Fsp3) is 0.444. The summed E-state index contributed by atoms with van der Waals surface area (Å²) < 4.78 is 23.0. The number of nitrogens with zero attached hydrogens (tertiary/aromatic N) is 2. The first-order valence-electron chi connectivity index (χ1n) is 9.03. The maximum atomic E-state index is 12.7. The van der Waals surface area contributed by atoms with E-state index in [0.717, 1.165) is 0 Å². The van der Waals surface area contributed by atoms with Crippen molar-refractivity contribution >= 4 is 32.4 Å². The molecular formula is C18H22N4O5S. The molecule has 2 amide bonds. The molecule has 9 nitrogen and oxygen atoms in total. The largest absolute Gasteiger partial charge is 0.351 e. The van der Waals surface area contributed by atoms with Crippen molar-refractivity contribution < 1.29 is 18.0 Å². The Labute approximate surface area is 162 Å². The number of rotatable bonds is 6. The van der Waals surface area contributed by atoms with E-state index >= 15 is 0 Å². The minimum atomic E-state index is -3.09. The number of hydrogen-bond acceptors (Lipinski definition) is 6. The summed E-state index contributed by atoms with van der Waals surface area (Å²) in [5, 5.41) is 10.1. The molecule has 1 aromatic heterocycles. The van der Waals surface area contributed by atoms with E-state index in [-0.39, 0.29) is 35.9 Å². The summed E-state index contributed by atoms with van der Waals surface area (Å²) in [6.07, 6.45) is 0.331. The predicted molar refractivity (Wildman–Crippen MR) is 104 cm³/mol. The minimum absolute atomic E-state index is 0.0593. The Morgan fingerprint density at radius 3 is 2.64 bits per heavy atom. The van der Waals surface area contributed by atoms with Gasteiger partial charge in [-0.2, -0.15) is 5.10 Å². The highest BCUT2D eigenvalue weighted by atomic mass is 32.2. The van der Waals surface area contributed by atoms with E-state index < -0.39 is 21.8 Å². The van der Waals surface area contributed by atoms with Gasteiger partial charge in [0.25, 0.3) is 5.56 Å². The van der Waals surface area contributed by atoms with Gasteiger partial charge < -0.3 is 10.2 Å². The van der Waals surface area contributed by atoms with Crippen LogP contribution < -0.4 is 10.9 Å². The second kappa shape index (κ2) is 8.09. The van der Waals surface area contributed by atoms with Crippen LogP contribution in [0.3, 0.4) is 0 Å². The van der Waals surface area contributed by atoms with Crippen LogP contribution in [0.2, 0.25) is 0 Å². The van der Waals surface area contributed by atoms with Crippen LogP contribution in [0.25, 0.3) is 10.8 Å². The highest BCUT2D eigenvalue weighted by molar-refractivity contribution is 7.91. The van der Waals surface area contributed by atoms with Gasteiger partial charge >= 0.3 is 0 Å². The van der Waals surface area contributed by atoms with Crippen molar-refractivity contribution in [3.63, 3.8) is 0 Å². The van der Waals surface area contributed by atoms with Crippen LogP contribution in [-0.4, -0.2) is 66.0 Å². The minimum Gasteiger partial charge on any atom is -0.351 e. The second-order valence-electron chi connectivity index (χ2n) is 6.80. The molecule has 1 aliphatic heterocycles. The quantitative estimate of drug-likeness (QED) is 0.673. The Hall–Kier alpha value is -2.75. The molecule has 28 heavy (non-hydrogen) atoms. The Morgan fingerprint density at radius 1 is 1.29 bits per heavy atom. The van der Waals surface area contributed by atoms with Crippen LogP contribution in [0.4, 0.5) is 0 Å². The number of carbonyl (C=O) groups excluding carboxylic acids is 2. The first kappa shape index (κ1) is 20.0. The average molecular weight is 406 g/mol. The molecule has 1 atom stereocenters. The Kier molecular flexibility index (Phi) is 5.78. The van der Waals surface area contributed by atoms with E-state index in [1.54, 1.807) is 31.2 Å². The molecule has 0 aliphatic carbocycles. The third kappa shape index (κ3) is 4.56. The van der Waals surface area contributed by atoms with E-state index in [9.17, 15) is 22.8 Å². The number of H-pyrrole nitrogens is 1. The predicted octanol–water partition coefficient (Wildman–Crippen LogP) is -0.383. The van der Waals surface area contributed by atoms with Crippen molar-refractivity contribution in [2.24, 2.45) is 0 Å². The smallest absolute Gasteiger partial charge is 0.272 e. The van der Waals surface area contributed by atoms with Gasteiger partial charge in [0, 0.05) is 18.0 Å². The van der Waals surface area contributed by atoms with Crippen LogP contribution in [0.1, 0.15) is 19.0 Å². The van der Waals surface area contributed by atoms with Gasteiger partial charge in [-0.3, -0.25) is 14.4 Å². The van der Waals surface area contributed by atoms with Crippen LogP contribution >= 0.6 is 0 Å². The molecule has 2 heterocycles. The first-order valence-corrected chi connectivity index (χ1v) is 10.8. The number of fused-ring (bicyclic) bond motifs is 1. The zero-order valence-corrected chi connectivity index (χ0v) is 16.3. The summed E-state index contributed by atoms with van der Waals surface area (Å²) in [4.78, 5) is 38.1. The maximum absolute atomic E-state index is 12.7. The lowest BCUT2D eigenvalue weighted by Gasteiger charge is -2.21. The fourth-order valence-corrected chi connectivity index (χ4v) is 4.97. The van der Waals surface area contributed by atoms with Crippen molar-refractivity contribution in [1.29, 1.82) is 0 Å². The standard InChI is InChI=1S/C18H22N4O5S/c1-2-22(10-16(23)19-12-7-8-28(26,27)11-12)17(24)9-15-13-5-3-4-6-14(13)18(25)21-20-15/h3-6,12H,2,7-11H2,1H3,(H,19,23)(H,21,25). The third-order valence-electron chi connectivity index (χ3n) is 4.76. The molecular weight excluding hydrogens is 384 g/mol. The molecule has 0 saturated carbocycles. The van der Waals surface area contributed by atoms with Crippen molar-refractivity contribution in [3.05, 3.63) is 40.3 Å². The molecule has 1 aromatic carbocycles. The highest BCUT2D eigenvalue weighted by Crippen LogP contribution is 2.14. The lowest BCUT2D eigenvalue weighted by Crippen LogP contribution is -2.45. The lowest BCUT2D eigenvalue weighted by atomic mass is 10.1. The topological polar surface area (TPSA) is 129 Å². The molecule has 2 N–H and O–H groups in total. The normalized spacial score (nSPS) is 18.1. The summed E-state index contributed by atoms with van der Waals surface area (Å²) >= 11 is 0. The van der Waals surface area contributed by atoms with Crippen LogP contribution in [0, 0.1) is 0 Å². The van der Waals surface area contributed by atoms with Gasteiger partial charge in [-0.1, -0.05) is 18.2 Å². The van der Waals surface area contributed by atoms with Gasteiger partial charge in [-0.15, -0.1) is 0 Å². The van der Waals surface area contributed by atoms with E-state index in [0.29, 0.717) is 29.4 Å². The van der Waals surface area contributed by atoms with Crippen LogP contribution in [0.5, 0.6) is 0 Å². The zero-order chi connectivity index (χ0) is 20.3. The summed E-state index contributed by atoms with van der Waals surface area (Å²) in [6.45, 7) is 1.91. The number of aromatic nitrogens is 2. The van der Waals surface area contributed by atoms with Crippen molar-refractivity contribution in [1.82, 2.24) is 20.4 Å². The summed E-state index contributed by atoms with van der Waals surface area (Å²) in [5.41, 5.74) is 0.103. The fourth-order valence-electron chi connectivity index (χ4n) is 3.29. The maximum Gasteiger partial charge on any atom is 0.272 e. The van der Waals surface area contributed by atoms with Gasteiger partial charge in [-0.25, -0.2) is 13.5 Å². The average Bonchev–Trinajstić information content (AvgIpc) is 3.00. The summed E-state index contributed by atoms with van der Waals surface area (Å²) in [6, 6.07) is 6.47. The number of amides is 2. The van der Waals surface area contributed by atoms with Crippen molar-refractivity contribution in [3.8, 4) is 0 Å². The Morgan fingerprint density at radius 2 is 2.00 bits per heavy atom. The van der Waals surface area contributed by atoms with Gasteiger partial charge in [0.15, 0.2) is 9.84 Å². The molecule has 0 spiro atoms. The molecule has 2 aromatic rings. The van der Waals surface area contributed by atoms with Gasteiger partial charge in [0.1, 0.15) is 0 Å². The van der Waals surface area contributed by atoms with Crippen molar-refractivity contribution in [2.45, 2.75) is 25.8 Å². The molecule has 150 valence electrons. The molecule has 3 rings (SSSR count). The SMILES string of the molecule is CCN(CC(=O)NC1CCS(=O)(=O)C1)C(=O)Cc1n[nH]c(=O)c2ccccc12. The first-order chi connectivity index (χ1) is 13.3. The zero-order valence-electron chi connectivity index (χ0n) is 15.5. The van der Waals surface area contributed by atoms with Gasteiger partial charge in [-0.05, 0) is 19.4 Å². The molecule has 0 bridgehead atoms. The number of sulfone groups is 1. The van der Waals surface area contributed by atoms with Gasteiger partial charge in [0.05, 0.1) is 35.6 Å². The lowest BCUT2D eigenvalue weighted by molar-refractivity contribution is -0.135. The Bertz CT molecular complexity index is 1060. The third-order valence-corrected chi connectivity index (χ3v) is 6.53. The number of benzene rings is 1.